The topological polar surface area (TPSA) is 26.3 Å². The van der Waals surface area contributed by atoms with Crippen molar-refractivity contribution < 1.29 is 9.22 Å². The largest absolute Gasteiger partial charge is 0.417 e. The maximum Gasteiger partial charge on any atom is 0.191 e. The van der Waals surface area contributed by atoms with Crippen molar-refractivity contribution in [3.05, 3.63) is 42.0 Å². The molecule has 3 heteroatoms. The van der Waals surface area contributed by atoms with Crippen LogP contribution >= 0.6 is 0 Å². The van der Waals surface area contributed by atoms with E-state index in [4.69, 9.17) is 4.43 Å². The molecule has 0 unspecified atom stereocenters. The number of rotatable bonds is 10. The van der Waals surface area contributed by atoms with E-state index in [9.17, 15) is 4.79 Å². The van der Waals surface area contributed by atoms with Gasteiger partial charge < -0.3 is 9.22 Å². The van der Waals surface area contributed by atoms with E-state index in [1.807, 2.05) is 18.2 Å². The molecular formula is C22H36O2Si. The molecule has 2 nitrogen and oxygen atoms in total. The van der Waals surface area contributed by atoms with E-state index in [-0.39, 0.29) is 10.8 Å². The lowest BCUT2D eigenvalue weighted by molar-refractivity contribution is -0.117. The van der Waals surface area contributed by atoms with E-state index >= 15 is 0 Å². The van der Waals surface area contributed by atoms with E-state index in [0.29, 0.717) is 12.3 Å². The van der Waals surface area contributed by atoms with Gasteiger partial charge in [0, 0.05) is 13.0 Å². The lowest BCUT2D eigenvalue weighted by Crippen LogP contribution is -2.40. The van der Waals surface area contributed by atoms with Crippen molar-refractivity contribution in [2.75, 3.05) is 6.61 Å². The first-order chi connectivity index (χ1) is 11.6. The molecule has 140 valence electrons. The average molecular weight is 361 g/mol. The van der Waals surface area contributed by atoms with Gasteiger partial charge in [-0.25, -0.2) is 0 Å². The SMILES string of the molecule is CC(=O)C[C@@H](/C=C/c1ccccc1)CCCCO[Si](C)(C)C(C)(C)C. The van der Waals surface area contributed by atoms with Crippen molar-refractivity contribution in [2.45, 2.75) is 71.5 Å². The summed E-state index contributed by atoms with van der Waals surface area (Å²) in [6.45, 7) is 13.9. The third kappa shape index (κ3) is 8.64. The molecule has 0 aliphatic heterocycles. The zero-order valence-electron chi connectivity index (χ0n) is 17.0. The summed E-state index contributed by atoms with van der Waals surface area (Å²) in [5, 5.41) is 0.266. The standard InChI is InChI=1S/C22H36O2Si/c1-19(23)18-21(16-15-20-12-8-7-9-13-20)14-10-11-17-24-25(5,6)22(2,3)4/h7-9,12-13,15-16,21H,10-11,14,17-18H2,1-6H3/b16-15+/t21-/m1/s1. The Morgan fingerprint density at radius 3 is 2.36 bits per heavy atom. The summed E-state index contributed by atoms with van der Waals surface area (Å²) in [4.78, 5) is 11.5. The van der Waals surface area contributed by atoms with E-state index in [1.165, 1.54) is 5.56 Å². The Hall–Kier alpha value is -1.19. The Bertz CT molecular complexity index is 541. The molecule has 0 N–H and O–H groups in total. The molecule has 1 aromatic rings. The smallest absolute Gasteiger partial charge is 0.191 e. The Morgan fingerprint density at radius 1 is 1.16 bits per heavy atom. The minimum absolute atomic E-state index is 0.264. The van der Waals surface area contributed by atoms with Crippen LogP contribution in [0.5, 0.6) is 0 Å². The summed E-state index contributed by atoms with van der Waals surface area (Å²) in [7, 11) is -1.64. The van der Waals surface area contributed by atoms with Crippen LogP contribution in [0.4, 0.5) is 0 Å². The molecule has 0 radical (unpaired) electrons. The van der Waals surface area contributed by atoms with Gasteiger partial charge in [0.25, 0.3) is 0 Å². The van der Waals surface area contributed by atoms with E-state index in [0.717, 1.165) is 25.9 Å². The van der Waals surface area contributed by atoms with Crippen LogP contribution in [0.1, 0.15) is 58.9 Å². The number of hydrogen-bond donors (Lipinski definition) is 0. The first kappa shape index (κ1) is 21.8. The van der Waals surface area contributed by atoms with Crippen LogP contribution in [0.25, 0.3) is 6.08 Å². The van der Waals surface area contributed by atoms with Crippen LogP contribution in [0, 0.1) is 5.92 Å². The minimum Gasteiger partial charge on any atom is -0.417 e. The maximum absolute atomic E-state index is 11.5. The molecule has 0 aliphatic carbocycles. The summed E-state index contributed by atoms with van der Waals surface area (Å²) in [5.74, 6) is 0.589. The van der Waals surface area contributed by atoms with Gasteiger partial charge >= 0.3 is 0 Å². The molecule has 0 bridgehead atoms. The number of unbranched alkanes of at least 4 members (excludes halogenated alkanes) is 1. The maximum atomic E-state index is 11.5. The van der Waals surface area contributed by atoms with Gasteiger partial charge in [-0.1, -0.05) is 69.7 Å². The van der Waals surface area contributed by atoms with Crippen molar-refractivity contribution in [1.82, 2.24) is 0 Å². The third-order valence-electron chi connectivity index (χ3n) is 5.15. The molecule has 1 aromatic carbocycles. The minimum atomic E-state index is -1.64. The fraction of sp³-hybridized carbons (Fsp3) is 0.591. The molecule has 0 spiro atoms. The normalized spacial score (nSPS) is 14.0. The van der Waals surface area contributed by atoms with Crippen LogP contribution in [0.15, 0.2) is 36.4 Å². The summed E-state index contributed by atoms with van der Waals surface area (Å²) < 4.78 is 6.24. The second kappa shape index (κ2) is 10.1. The molecule has 25 heavy (non-hydrogen) atoms. The number of hydrogen-bond acceptors (Lipinski definition) is 2. The monoisotopic (exact) mass is 360 g/mol. The second-order valence-corrected chi connectivity index (χ2v) is 13.3. The molecule has 0 fully saturated rings. The molecule has 0 amide bonds. The van der Waals surface area contributed by atoms with Crippen molar-refractivity contribution >= 4 is 20.2 Å². The van der Waals surface area contributed by atoms with Gasteiger partial charge in [-0.2, -0.15) is 0 Å². The molecule has 0 heterocycles. The molecule has 0 saturated heterocycles. The molecule has 1 rings (SSSR count). The number of carbonyl (C=O) groups excluding carboxylic acids is 1. The van der Waals surface area contributed by atoms with Crippen LogP contribution in [-0.4, -0.2) is 20.7 Å². The lowest BCUT2D eigenvalue weighted by Gasteiger charge is -2.36. The molecule has 0 aliphatic rings. The molecular weight excluding hydrogens is 324 g/mol. The van der Waals surface area contributed by atoms with Crippen LogP contribution in [0.2, 0.25) is 18.1 Å². The Balaban J connectivity index is 2.44. The molecule has 0 saturated carbocycles. The summed E-state index contributed by atoms with van der Waals surface area (Å²) in [6.07, 6.45) is 8.19. The van der Waals surface area contributed by atoms with Gasteiger partial charge in [-0.05, 0) is 49.4 Å². The quantitative estimate of drug-likeness (QED) is 0.352. The highest BCUT2D eigenvalue weighted by molar-refractivity contribution is 6.74. The predicted molar refractivity (Wildman–Crippen MR) is 111 cm³/mol. The number of ketones is 1. The van der Waals surface area contributed by atoms with E-state index in [2.05, 4.69) is 58.2 Å². The van der Waals surface area contributed by atoms with Gasteiger partial charge in [-0.3, -0.25) is 0 Å². The summed E-state index contributed by atoms with van der Waals surface area (Å²) >= 11 is 0. The van der Waals surface area contributed by atoms with Gasteiger partial charge in [-0.15, -0.1) is 0 Å². The van der Waals surface area contributed by atoms with Gasteiger partial charge in [0.05, 0.1) is 0 Å². The molecule has 0 aromatic heterocycles. The highest BCUT2D eigenvalue weighted by Gasteiger charge is 2.36. The molecule has 1 atom stereocenters. The van der Waals surface area contributed by atoms with E-state index < -0.39 is 8.32 Å². The highest BCUT2D eigenvalue weighted by Crippen LogP contribution is 2.36. The number of allylic oxidation sites excluding steroid dienone is 1. The number of benzene rings is 1. The van der Waals surface area contributed by atoms with Crippen molar-refractivity contribution in [3.8, 4) is 0 Å². The fourth-order valence-electron chi connectivity index (χ4n) is 2.50. The average Bonchev–Trinajstić information content (AvgIpc) is 2.51. The second-order valence-electron chi connectivity index (χ2n) is 8.54. The zero-order valence-corrected chi connectivity index (χ0v) is 18.0. The zero-order chi connectivity index (χ0) is 18.9. The van der Waals surface area contributed by atoms with Crippen LogP contribution in [-0.2, 0) is 9.22 Å². The predicted octanol–water partition coefficient (Wildman–Crippen LogP) is 6.49. The van der Waals surface area contributed by atoms with Gasteiger partial charge in [0.15, 0.2) is 8.32 Å². The van der Waals surface area contributed by atoms with E-state index in [1.54, 1.807) is 6.92 Å². The van der Waals surface area contributed by atoms with Crippen molar-refractivity contribution in [3.63, 3.8) is 0 Å². The fourth-order valence-corrected chi connectivity index (χ4v) is 3.59. The Kier molecular flexibility index (Phi) is 8.81. The Morgan fingerprint density at radius 2 is 1.80 bits per heavy atom. The Labute approximate surface area is 155 Å². The highest BCUT2D eigenvalue weighted by atomic mass is 28.4. The first-order valence-corrected chi connectivity index (χ1v) is 12.4. The number of carbonyl (C=O) groups is 1. The summed E-state index contributed by atoms with van der Waals surface area (Å²) in [5.41, 5.74) is 1.19. The van der Waals surface area contributed by atoms with Crippen LogP contribution in [0.3, 0.4) is 0 Å². The third-order valence-corrected chi connectivity index (χ3v) is 9.69. The van der Waals surface area contributed by atoms with Gasteiger partial charge in [0.1, 0.15) is 5.78 Å². The summed E-state index contributed by atoms with van der Waals surface area (Å²) in [6, 6.07) is 10.3. The first-order valence-electron chi connectivity index (χ1n) is 9.48. The lowest BCUT2D eigenvalue weighted by atomic mass is 9.95. The van der Waals surface area contributed by atoms with Crippen LogP contribution < -0.4 is 0 Å². The van der Waals surface area contributed by atoms with Crippen molar-refractivity contribution in [1.29, 1.82) is 0 Å². The number of Topliss-reactive ketones (excluding diaryl/α,β-unsaturated/α-hetero) is 1. The van der Waals surface area contributed by atoms with Crippen molar-refractivity contribution in [2.24, 2.45) is 5.92 Å². The van der Waals surface area contributed by atoms with Gasteiger partial charge in [0.2, 0.25) is 0 Å².